The molecule has 242 valence electrons. The molecule has 0 saturated carbocycles. The summed E-state index contributed by atoms with van der Waals surface area (Å²) in [7, 11) is 0. The van der Waals surface area contributed by atoms with E-state index in [1.54, 1.807) is 44.6 Å². The highest BCUT2D eigenvalue weighted by atomic mass is 16.5. The molecule has 1 spiro atoms. The van der Waals surface area contributed by atoms with Crippen molar-refractivity contribution in [3.63, 3.8) is 0 Å². The van der Waals surface area contributed by atoms with E-state index in [9.17, 15) is 0 Å². The molecule has 0 saturated heterocycles. The van der Waals surface area contributed by atoms with Crippen LogP contribution in [0.2, 0.25) is 0 Å². The number of hydrogen-bond acceptors (Lipinski definition) is 2. The summed E-state index contributed by atoms with van der Waals surface area (Å²) in [6.45, 7) is 0. The average molecular weight is 622 g/mol. The van der Waals surface area contributed by atoms with Crippen LogP contribution in [0.3, 0.4) is 0 Å². The second-order valence-corrected chi connectivity index (χ2v) is 15.9. The van der Waals surface area contributed by atoms with E-state index in [-0.39, 0.29) is 5.41 Å². The molecule has 1 aromatic carbocycles. The van der Waals surface area contributed by atoms with Crippen LogP contribution >= 0.6 is 0 Å². The van der Waals surface area contributed by atoms with Crippen molar-refractivity contribution in [2.24, 2.45) is 11.8 Å². The Balaban J connectivity index is 1.19. The highest BCUT2D eigenvalue weighted by Gasteiger charge is 2.59. The first kappa shape index (κ1) is 28.7. The topological polar surface area (TPSA) is 12.5 Å². The van der Waals surface area contributed by atoms with E-state index in [1.165, 1.54) is 101 Å². The minimum absolute atomic E-state index is 0.0130. The summed E-state index contributed by atoms with van der Waals surface area (Å²) in [5.74, 6) is 2.40. The quantitative estimate of drug-likeness (QED) is 0.311. The molecule has 9 aliphatic rings. The maximum Gasteiger partial charge on any atom is 0.106 e. The van der Waals surface area contributed by atoms with Gasteiger partial charge in [0.15, 0.2) is 0 Å². The Kier molecular flexibility index (Phi) is 6.98. The van der Waals surface area contributed by atoms with Crippen LogP contribution in [0.5, 0.6) is 0 Å². The zero-order valence-electron chi connectivity index (χ0n) is 28.2. The predicted molar refractivity (Wildman–Crippen MR) is 194 cm³/mol. The van der Waals surface area contributed by atoms with Crippen molar-refractivity contribution in [2.75, 3.05) is 4.90 Å². The molecule has 0 N–H and O–H groups in total. The van der Waals surface area contributed by atoms with Crippen molar-refractivity contribution in [3.8, 4) is 0 Å². The number of benzene rings is 1. The monoisotopic (exact) mass is 621 g/mol. The van der Waals surface area contributed by atoms with E-state index in [2.05, 4.69) is 71.7 Å². The fourth-order valence-corrected chi connectivity index (χ4v) is 11.6. The van der Waals surface area contributed by atoms with Gasteiger partial charge in [0, 0.05) is 35.7 Å². The van der Waals surface area contributed by atoms with Gasteiger partial charge in [-0.3, -0.25) is 0 Å². The van der Waals surface area contributed by atoms with E-state index in [4.69, 9.17) is 4.74 Å². The van der Waals surface area contributed by atoms with Crippen LogP contribution in [-0.4, -0.2) is 12.1 Å². The van der Waals surface area contributed by atoms with E-state index < -0.39 is 0 Å². The largest absolute Gasteiger partial charge is 0.494 e. The van der Waals surface area contributed by atoms with Gasteiger partial charge in [-0.1, -0.05) is 59.7 Å². The number of nitrogens with zero attached hydrogens (tertiary/aromatic N) is 1. The first-order valence-electron chi connectivity index (χ1n) is 19.5. The molecule has 8 aliphatic carbocycles. The van der Waals surface area contributed by atoms with Gasteiger partial charge < -0.3 is 9.64 Å². The van der Waals surface area contributed by atoms with Crippen LogP contribution in [-0.2, 0) is 10.2 Å². The lowest BCUT2D eigenvalue weighted by atomic mass is 9.55. The van der Waals surface area contributed by atoms with Crippen molar-refractivity contribution < 1.29 is 4.74 Å². The normalized spacial score (nSPS) is 33.7. The van der Waals surface area contributed by atoms with Gasteiger partial charge >= 0.3 is 0 Å². The van der Waals surface area contributed by atoms with Crippen LogP contribution in [0.15, 0.2) is 106 Å². The molecule has 1 aliphatic heterocycles. The van der Waals surface area contributed by atoms with Crippen molar-refractivity contribution in [2.45, 2.75) is 133 Å². The fourth-order valence-electron chi connectivity index (χ4n) is 11.6. The standard InChI is InChI=1S/C45H51NO/c1-2-15-33(16-3-1)46(34-24-22-30-12-4-5-14-32(30)28-34)35-25-27-38-37(29-35)44-36-17-7-6-13-31(36)23-26-41(44)45(38)39-18-8-10-20-42(39)47-43-21-11-9-19-40(43)45/h1-2,4,8,12,18,24-25,27-30,33,39,42H,3,5-7,9-11,13-17,19-23,26H2. The zero-order chi connectivity index (χ0) is 31.0. The molecular weight excluding hydrogens is 571 g/mol. The lowest BCUT2D eigenvalue weighted by molar-refractivity contribution is 0.0144. The van der Waals surface area contributed by atoms with Gasteiger partial charge in [-0.05, 0) is 161 Å². The molecule has 2 nitrogen and oxygen atoms in total. The van der Waals surface area contributed by atoms with E-state index in [0.717, 1.165) is 32.1 Å². The summed E-state index contributed by atoms with van der Waals surface area (Å²) < 4.78 is 7.01. The van der Waals surface area contributed by atoms with Gasteiger partial charge in [0.25, 0.3) is 0 Å². The number of allylic oxidation sites excluding steroid dienone is 13. The van der Waals surface area contributed by atoms with Crippen LogP contribution in [0.25, 0.3) is 5.57 Å². The number of hydrogen-bond donors (Lipinski definition) is 0. The highest BCUT2D eigenvalue weighted by Crippen LogP contribution is 2.66. The molecule has 10 rings (SSSR count). The van der Waals surface area contributed by atoms with Crippen LogP contribution < -0.4 is 4.90 Å². The molecule has 0 bridgehead atoms. The third-order valence-corrected chi connectivity index (χ3v) is 13.6. The summed E-state index contributed by atoms with van der Waals surface area (Å²) >= 11 is 0. The van der Waals surface area contributed by atoms with E-state index in [0.29, 0.717) is 24.0 Å². The second-order valence-electron chi connectivity index (χ2n) is 15.9. The van der Waals surface area contributed by atoms with Gasteiger partial charge in [-0.2, -0.15) is 0 Å². The summed E-state index contributed by atoms with van der Waals surface area (Å²) in [5.41, 5.74) is 16.4. The van der Waals surface area contributed by atoms with E-state index in [1.807, 2.05) is 0 Å². The molecule has 5 atom stereocenters. The van der Waals surface area contributed by atoms with Crippen LogP contribution in [0, 0.1) is 11.8 Å². The van der Waals surface area contributed by atoms with Crippen molar-refractivity contribution >= 4 is 11.3 Å². The average Bonchev–Trinajstić information content (AvgIpc) is 3.43. The van der Waals surface area contributed by atoms with Crippen molar-refractivity contribution in [1.29, 1.82) is 0 Å². The smallest absolute Gasteiger partial charge is 0.106 e. The number of anilines is 1. The van der Waals surface area contributed by atoms with Gasteiger partial charge in [0.1, 0.15) is 6.10 Å². The number of fused-ring (bicyclic) bond motifs is 9. The Morgan fingerprint density at radius 2 is 1.64 bits per heavy atom. The van der Waals surface area contributed by atoms with Gasteiger partial charge in [0.05, 0.1) is 11.2 Å². The fraction of sp³-hybridized carbons (Fsp3) is 0.511. The molecule has 0 aromatic heterocycles. The maximum absolute atomic E-state index is 7.01. The van der Waals surface area contributed by atoms with Gasteiger partial charge in [-0.15, -0.1) is 0 Å². The minimum Gasteiger partial charge on any atom is -0.494 e. The van der Waals surface area contributed by atoms with E-state index >= 15 is 0 Å². The maximum atomic E-state index is 7.01. The third-order valence-electron chi connectivity index (χ3n) is 13.6. The first-order valence-corrected chi connectivity index (χ1v) is 19.5. The summed E-state index contributed by atoms with van der Waals surface area (Å²) in [4.78, 5) is 2.79. The summed E-state index contributed by atoms with van der Waals surface area (Å²) in [6.07, 6.45) is 42.4. The highest BCUT2D eigenvalue weighted by molar-refractivity contribution is 5.94. The third kappa shape index (κ3) is 4.35. The Labute approximate surface area is 282 Å². The number of rotatable bonds is 3. The van der Waals surface area contributed by atoms with Crippen molar-refractivity contribution in [3.05, 3.63) is 117 Å². The second kappa shape index (κ2) is 11.4. The molecule has 0 fully saturated rings. The molecule has 5 unspecified atom stereocenters. The summed E-state index contributed by atoms with van der Waals surface area (Å²) in [5, 5.41) is 0. The summed E-state index contributed by atoms with van der Waals surface area (Å²) in [6, 6.07) is 8.41. The Bertz CT molecular complexity index is 1750. The molecule has 0 radical (unpaired) electrons. The lowest BCUT2D eigenvalue weighted by Gasteiger charge is -2.52. The Hall–Kier alpha value is -3.26. The van der Waals surface area contributed by atoms with Crippen LogP contribution in [0.4, 0.5) is 5.69 Å². The molecule has 0 amide bonds. The predicted octanol–water partition coefficient (Wildman–Crippen LogP) is 11.6. The minimum atomic E-state index is -0.0130. The Morgan fingerprint density at radius 1 is 0.745 bits per heavy atom. The molecule has 1 heterocycles. The molecule has 1 aromatic rings. The molecular formula is C45H51NO. The molecule has 47 heavy (non-hydrogen) atoms. The SMILES string of the molecule is C1=CC2CC=C(N(c3ccc4c(c3)C3=C(CCC5=C3CCCC5)C43C4=C(CCCC4)OC4CCC=CC43)C3CC=CCC3)C=C2CC1. The van der Waals surface area contributed by atoms with Crippen molar-refractivity contribution in [1.82, 2.24) is 0 Å². The Morgan fingerprint density at radius 3 is 2.60 bits per heavy atom. The lowest BCUT2D eigenvalue weighted by Crippen LogP contribution is -2.49. The van der Waals surface area contributed by atoms with Crippen LogP contribution in [0.1, 0.15) is 127 Å². The number of ether oxygens (including phenoxy) is 1. The zero-order valence-corrected chi connectivity index (χ0v) is 28.2. The van der Waals surface area contributed by atoms with Gasteiger partial charge in [-0.25, -0.2) is 0 Å². The molecule has 2 heteroatoms. The van der Waals surface area contributed by atoms with Gasteiger partial charge in [0.2, 0.25) is 0 Å². The first-order chi connectivity index (χ1) is 23.3.